The Morgan fingerprint density at radius 3 is 2.68 bits per heavy atom. The number of nitrogens with zero attached hydrogens (tertiary/aromatic N) is 2. The number of pyridine rings is 1. The molecule has 1 aliphatic rings. The van der Waals surface area contributed by atoms with Crippen LogP contribution in [0.15, 0.2) is 12.1 Å². The monoisotopic (exact) mass is 330 g/mol. The van der Waals surface area contributed by atoms with Gasteiger partial charge in [-0.15, -0.1) is 0 Å². The van der Waals surface area contributed by atoms with Gasteiger partial charge in [-0.05, 0) is 31.9 Å². The minimum Gasteiger partial charge on any atom is -0.481 e. The van der Waals surface area contributed by atoms with Gasteiger partial charge in [0, 0.05) is 24.7 Å². The number of halogens is 2. The molecule has 0 bridgehead atoms. The lowest BCUT2D eigenvalue weighted by Crippen LogP contribution is -2.51. The Balaban J connectivity index is 2.25. The highest BCUT2D eigenvalue weighted by Crippen LogP contribution is 2.38. The van der Waals surface area contributed by atoms with E-state index in [0.29, 0.717) is 5.69 Å². The Morgan fingerprint density at radius 2 is 2.18 bits per heavy atom. The quantitative estimate of drug-likeness (QED) is 0.831. The lowest BCUT2D eigenvalue weighted by Gasteiger charge is -2.41. The fourth-order valence-electron chi connectivity index (χ4n) is 2.95. The molecular formula is C14H16ClFN2O4. The molecule has 0 radical (unpaired) electrons. The summed E-state index contributed by atoms with van der Waals surface area (Å²) in [6.07, 6.45) is -0.629. The first-order chi connectivity index (χ1) is 10.2. The van der Waals surface area contributed by atoms with E-state index in [0.717, 1.165) is 6.07 Å². The molecule has 1 saturated heterocycles. The zero-order chi connectivity index (χ0) is 16.5. The predicted octanol–water partition coefficient (Wildman–Crippen LogP) is 2.65. The number of carbonyl (C=O) groups is 2. The molecule has 2 rings (SSSR count). The van der Waals surface area contributed by atoms with Crippen molar-refractivity contribution in [1.29, 1.82) is 0 Å². The summed E-state index contributed by atoms with van der Waals surface area (Å²) < 4.78 is 13.2. The van der Waals surface area contributed by atoms with Crippen molar-refractivity contribution in [2.24, 2.45) is 5.41 Å². The number of likely N-dealkylation sites (tertiary alicyclic amines) is 1. The molecule has 2 atom stereocenters. The number of rotatable bonds is 3. The van der Waals surface area contributed by atoms with E-state index in [1.807, 2.05) is 0 Å². The number of carboxylic acids is 1. The smallest absolute Gasteiger partial charge is 0.407 e. The number of hydrogen-bond donors (Lipinski definition) is 2. The zero-order valence-corrected chi connectivity index (χ0v) is 12.7. The van der Waals surface area contributed by atoms with Gasteiger partial charge in [0.25, 0.3) is 0 Å². The Morgan fingerprint density at radius 1 is 1.50 bits per heavy atom. The van der Waals surface area contributed by atoms with Gasteiger partial charge in [-0.3, -0.25) is 4.79 Å². The fourth-order valence-corrected chi connectivity index (χ4v) is 3.12. The van der Waals surface area contributed by atoms with Crippen molar-refractivity contribution >= 4 is 23.7 Å². The average Bonchev–Trinajstić information content (AvgIpc) is 2.42. The molecule has 8 heteroatoms. The van der Waals surface area contributed by atoms with Crippen molar-refractivity contribution in [3.05, 3.63) is 28.8 Å². The van der Waals surface area contributed by atoms with Gasteiger partial charge in [-0.1, -0.05) is 11.6 Å². The Bertz CT molecular complexity index is 613. The number of amides is 1. The second kappa shape index (κ2) is 6.08. The van der Waals surface area contributed by atoms with Gasteiger partial charge < -0.3 is 15.1 Å². The number of hydrogen-bond acceptors (Lipinski definition) is 3. The highest BCUT2D eigenvalue weighted by molar-refractivity contribution is 6.29. The number of aliphatic carboxylic acids is 1. The molecule has 1 aromatic heterocycles. The lowest BCUT2D eigenvalue weighted by atomic mass is 9.72. The summed E-state index contributed by atoms with van der Waals surface area (Å²) in [5, 5.41) is 18.4. The van der Waals surface area contributed by atoms with E-state index in [9.17, 15) is 19.1 Å². The molecule has 2 heterocycles. The van der Waals surface area contributed by atoms with Gasteiger partial charge in [0.2, 0.25) is 0 Å². The Hall–Kier alpha value is -1.89. The third-order valence-corrected chi connectivity index (χ3v) is 4.39. The van der Waals surface area contributed by atoms with E-state index in [1.165, 1.54) is 11.0 Å². The van der Waals surface area contributed by atoms with Gasteiger partial charge in [-0.2, -0.15) is 0 Å². The molecular weight excluding hydrogens is 315 g/mol. The maximum atomic E-state index is 13.2. The first-order valence-corrected chi connectivity index (χ1v) is 7.17. The molecule has 6 nitrogen and oxygen atoms in total. The zero-order valence-electron chi connectivity index (χ0n) is 11.9. The molecule has 1 amide bonds. The van der Waals surface area contributed by atoms with Gasteiger partial charge in [0.1, 0.15) is 0 Å². The van der Waals surface area contributed by atoms with Crippen LogP contribution in [0.3, 0.4) is 0 Å². The minimum absolute atomic E-state index is 0.0835. The summed E-state index contributed by atoms with van der Waals surface area (Å²) in [7, 11) is 0. The van der Waals surface area contributed by atoms with Crippen molar-refractivity contribution in [2.45, 2.75) is 32.2 Å². The first-order valence-electron chi connectivity index (χ1n) is 6.79. The molecule has 1 fully saturated rings. The molecule has 0 saturated carbocycles. The molecule has 2 N–H and O–H groups in total. The van der Waals surface area contributed by atoms with E-state index in [-0.39, 0.29) is 31.0 Å². The van der Waals surface area contributed by atoms with Crippen molar-refractivity contribution in [2.75, 3.05) is 6.54 Å². The number of piperidine rings is 1. The van der Waals surface area contributed by atoms with E-state index in [1.54, 1.807) is 6.92 Å². The maximum Gasteiger partial charge on any atom is 0.407 e. The third-order valence-electron chi connectivity index (χ3n) is 4.13. The summed E-state index contributed by atoms with van der Waals surface area (Å²) >= 11 is 5.63. The third kappa shape index (κ3) is 3.14. The normalized spacial score (nSPS) is 25.0. The van der Waals surface area contributed by atoms with Crippen LogP contribution in [0.4, 0.5) is 9.18 Å². The SMILES string of the molecule is C[C@@H]1C[C@](Cc2ccc(F)c(Cl)n2)(C(=O)O)CCN1C(=O)O. The number of aromatic nitrogens is 1. The van der Waals surface area contributed by atoms with Crippen LogP contribution in [-0.2, 0) is 11.2 Å². The maximum absolute atomic E-state index is 13.2. The fraction of sp³-hybridized carbons (Fsp3) is 0.500. The number of carboxylic acid groups (broad SMARTS) is 2. The van der Waals surface area contributed by atoms with Crippen LogP contribution < -0.4 is 0 Å². The van der Waals surface area contributed by atoms with Crippen LogP contribution in [0.1, 0.15) is 25.5 Å². The Kier molecular flexibility index (Phi) is 4.55. The second-order valence-electron chi connectivity index (χ2n) is 5.62. The van der Waals surface area contributed by atoms with E-state index in [4.69, 9.17) is 16.7 Å². The van der Waals surface area contributed by atoms with Gasteiger partial charge >= 0.3 is 12.1 Å². The second-order valence-corrected chi connectivity index (χ2v) is 5.97. The summed E-state index contributed by atoms with van der Waals surface area (Å²) in [4.78, 5) is 27.9. The molecule has 1 aromatic rings. The van der Waals surface area contributed by atoms with Crippen LogP contribution in [-0.4, -0.2) is 44.7 Å². The summed E-state index contributed by atoms with van der Waals surface area (Å²) in [6.45, 7) is 1.81. The first kappa shape index (κ1) is 16.5. The molecule has 120 valence electrons. The largest absolute Gasteiger partial charge is 0.481 e. The molecule has 22 heavy (non-hydrogen) atoms. The molecule has 0 aromatic carbocycles. The van der Waals surface area contributed by atoms with Gasteiger partial charge in [-0.25, -0.2) is 14.2 Å². The summed E-state index contributed by atoms with van der Waals surface area (Å²) in [5.74, 6) is -1.67. The van der Waals surface area contributed by atoms with Crippen LogP contribution in [0, 0.1) is 11.2 Å². The standard InChI is InChI=1S/C14H16ClFN2O4/c1-8-6-14(12(19)20,4-5-18(8)13(21)22)7-9-2-3-10(16)11(15)17-9/h2-3,8H,4-7H2,1H3,(H,19,20)(H,21,22)/t8-,14-/m1/s1. The lowest BCUT2D eigenvalue weighted by molar-refractivity contribution is -0.153. The Labute approximate surface area is 131 Å². The summed E-state index contributed by atoms with van der Waals surface area (Å²) in [6, 6.07) is 2.13. The van der Waals surface area contributed by atoms with E-state index in [2.05, 4.69) is 4.98 Å². The van der Waals surface area contributed by atoms with Crippen LogP contribution in [0.2, 0.25) is 5.15 Å². The molecule has 0 unspecified atom stereocenters. The highest BCUT2D eigenvalue weighted by Gasteiger charge is 2.45. The van der Waals surface area contributed by atoms with Crippen molar-refractivity contribution in [3.8, 4) is 0 Å². The van der Waals surface area contributed by atoms with Gasteiger partial charge in [0.15, 0.2) is 11.0 Å². The summed E-state index contributed by atoms with van der Waals surface area (Å²) in [5.41, 5.74) is -0.746. The topological polar surface area (TPSA) is 90.7 Å². The van der Waals surface area contributed by atoms with Crippen molar-refractivity contribution in [1.82, 2.24) is 9.88 Å². The predicted molar refractivity (Wildman–Crippen MR) is 76.4 cm³/mol. The van der Waals surface area contributed by atoms with E-state index >= 15 is 0 Å². The molecule has 0 aliphatic carbocycles. The highest BCUT2D eigenvalue weighted by atomic mass is 35.5. The van der Waals surface area contributed by atoms with Crippen LogP contribution >= 0.6 is 11.6 Å². The average molecular weight is 331 g/mol. The van der Waals surface area contributed by atoms with Crippen LogP contribution in [0.5, 0.6) is 0 Å². The molecule has 1 aliphatic heterocycles. The van der Waals surface area contributed by atoms with Crippen LogP contribution in [0.25, 0.3) is 0 Å². The van der Waals surface area contributed by atoms with Crippen molar-refractivity contribution < 1.29 is 24.2 Å². The molecule has 0 spiro atoms. The van der Waals surface area contributed by atoms with Gasteiger partial charge in [0.05, 0.1) is 5.41 Å². The van der Waals surface area contributed by atoms with E-state index < -0.39 is 29.3 Å². The minimum atomic E-state index is -1.13. The van der Waals surface area contributed by atoms with Crippen molar-refractivity contribution in [3.63, 3.8) is 0 Å².